The second-order valence-corrected chi connectivity index (χ2v) is 8.12. The lowest BCUT2D eigenvalue weighted by molar-refractivity contribution is -0.217. The van der Waals surface area contributed by atoms with Crippen LogP contribution in [0.4, 0.5) is 5.69 Å². The van der Waals surface area contributed by atoms with Crippen molar-refractivity contribution in [3.63, 3.8) is 0 Å². The maximum absolute atomic E-state index is 13.2. The Hall–Kier alpha value is -3.69. The number of carbonyl (C=O) groups is 3. The molecule has 2 heterocycles. The van der Waals surface area contributed by atoms with Crippen LogP contribution >= 0.6 is 0 Å². The summed E-state index contributed by atoms with van der Waals surface area (Å²) in [6.45, 7) is 2.43. The van der Waals surface area contributed by atoms with E-state index in [4.69, 9.17) is 23.7 Å². The van der Waals surface area contributed by atoms with Gasteiger partial charge in [-0.3, -0.25) is 19.3 Å². The molecule has 2 aromatic carbocycles. The van der Waals surface area contributed by atoms with Crippen LogP contribution in [0.5, 0.6) is 5.75 Å². The Bertz CT molecular complexity index is 1080. The number of methoxy groups -OCH3 is 1. The molecule has 0 bridgehead atoms. The van der Waals surface area contributed by atoms with Crippen molar-refractivity contribution in [2.24, 2.45) is 0 Å². The van der Waals surface area contributed by atoms with E-state index >= 15 is 0 Å². The zero-order valence-corrected chi connectivity index (χ0v) is 19.7. The fourth-order valence-electron chi connectivity index (χ4n) is 4.08. The molecule has 2 aliphatic rings. The Morgan fingerprint density at radius 1 is 0.971 bits per heavy atom. The molecule has 5 atom stereocenters. The molecule has 0 saturated carbocycles. The van der Waals surface area contributed by atoms with Gasteiger partial charge in [-0.15, -0.1) is 0 Å². The van der Waals surface area contributed by atoms with E-state index in [-0.39, 0.29) is 18.6 Å². The first kappa shape index (κ1) is 24.4. The number of benzene rings is 2. The number of esters is 2. The molecule has 0 spiro atoms. The first-order valence-corrected chi connectivity index (χ1v) is 11.2. The highest BCUT2D eigenvalue weighted by Crippen LogP contribution is 2.42. The van der Waals surface area contributed by atoms with Crippen molar-refractivity contribution in [1.82, 2.24) is 0 Å². The summed E-state index contributed by atoms with van der Waals surface area (Å²) in [6, 6.07) is 16.4. The third-order valence-corrected chi connectivity index (χ3v) is 5.70. The normalized spacial score (nSPS) is 25.5. The Balaban J connectivity index is 1.54. The molecule has 0 aromatic heterocycles. The van der Waals surface area contributed by atoms with Gasteiger partial charge in [-0.1, -0.05) is 30.3 Å². The van der Waals surface area contributed by atoms with Gasteiger partial charge in [-0.25, -0.2) is 0 Å². The molecule has 0 aliphatic carbocycles. The van der Waals surface area contributed by atoms with Crippen molar-refractivity contribution in [2.75, 3.05) is 18.6 Å². The molecule has 0 N–H and O–H groups in total. The zero-order valence-electron chi connectivity index (χ0n) is 19.7. The second kappa shape index (κ2) is 10.7. The number of nitrogens with zero attached hydrogens (tertiary/aromatic N) is 1. The fourth-order valence-corrected chi connectivity index (χ4v) is 4.08. The average Bonchev–Trinajstić information content (AvgIpc) is 2.85. The molecule has 1 amide bonds. The van der Waals surface area contributed by atoms with Crippen LogP contribution < -0.4 is 9.64 Å². The van der Waals surface area contributed by atoms with Gasteiger partial charge >= 0.3 is 11.9 Å². The van der Waals surface area contributed by atoms with E-state index in [0.717, 1.165) is 5.56 Å². The number of anilines is 1. The lowest BCUT2D eigenvalue weighted by atomic mass is 9.89. The summed E-state index contributed by atoms with van der Waals surface area (Å²) in [4.78, 5) is 37.6. The van der Waals surface area contributed by atoms with Gasteiger partial charge in [-0.05, 0) is 42.0 Å². The number of hydrogen-bond acceptors (Lipinski definition) is 8. The molecule has 2 aromatic rings. The molecule has 9 nitrogen and oxygen atoms in total. The zero-order chi connectivity index (χ0) is 24.9. The molecule has 1 fully saturated rings. The molecule has 35 heavy (non-hydrogen) atoms. The Labute approximate surface area is 203 Å². The summed E-state index contributed by atoms with van der Waals surface area (Å²) in [5, 5.41) is 0. The second-order valence-electron chi connectivity index (χ2n) is 8.12. The smallest absolute Gasteiger partial charge is 0.303 e. The summed E-state index contributed by atoms with van der Waals surface area (Å²) < 4.78 is 27.5. The monoisotopic (exact) mass is 481 g/mol. The van der Waals surface area contributed by atoms with Gasteiger partial charge in [0.05, 0.1) is 13.2 Å². The molecule has 0 unspecified atom stereocenters. The lowest BCUT2D eigenvalue weighted by Gasteiger charge is -2.48. The highest BCUT2D eigenvalue weighted by molar-refractivity contribution is 6.05. The molecular weight excluding hydrogens is 454 g/mol. The fraction of sp³-hybridized carbons (Fsp3) is 0.346. The maximum atomic E-state index is 13.2. The van der Waals surface area contributed by atoms with Crippen molar-refractivity contribution in [1.29, 1.82) is 0 Å². The minimum absolute atomic E-state index is 0.129. The third-order valence-electron chi connectivity index (χ3n) is 5.70. The summed E-state index contributed by atoms with van der Waals surface area (Å²) in [5.41, 5.74) is 1.62. The lowest BCUT2D eigenvalue weighted by Crippen LogP contribution is -2.61. The van der Waals surface area contributed by atoms with Crippen LogP contribution in [0.15, 0.2) is 66.7 Å². The molecule has 0 radical (unpaired) electrons. The van der Waals surface area contributed by atoms with Crippen LogP contribution in [-0.2, 0) is 33.3 Å². The van der Waals surface area contributed by atoms with Gasteiger partial charge in [0.25, 0.3) is 5.91 Å². The number of ether oxygens (including phenoxy) is 5. The van der Waals surface area contributed by atoms with Gasteiger partial charge in [0.1, 0.15) is 24.6 Å². The molecule has 2 aliphatic heterocycles. The van der Waals surface area contributed by atoms with Crippen LogP contribution in [0.3, 0.4) is 0 Å². The number of β-lactam (4-membered cyclic amide) rings is 1. The van der Waals surface area contributed by atoms with Crippen molar-refractivity contribution in [3.05, 3.63) is 72.3 Å². The van der Waals surface area contributed by atoms with E-state index in [9.17, 15) is 14.4 Å². The first-order valence-electron chi connectivity index (χ1n) is 11.2. The minimum atomic E-state index is -0.902. The molecular formula is C26H27NO8. The predicted octanol–water partition coefficient (Wildman–Crippen LogP) is 2.94. The number of carbonyl (C=O) groups excluding carboxylic acids is 3. The Morgan fingerprint density at radius 2 is 1.69 bits per heavy atom. The molecule has 1 saturated heterocycles. The standard InChI is InChI=1S/C26H27NO8/c1-16(28)32-15-22-21(33-17(2)29)13-14-23(34-22)35-25-24(18-7-5-4-6-8-18)27(26(25)30)19-9-11-20(31-3)12-10-19/h4-14,21-25H,15H2,1-3H3/t21-,22+,23+,24-,25+/m0/s1. The summed E-state index contributed by atoms with van der Waals surface area (Å²) in [7, 11) is 1.58. The molecule has 4 rings (SSSR count). The van der Waals surface area contributed by atoms with Gasteiger partial charge < -0.3 is 23.7 Å². The van der Waals surface area contributed by atoms with E-state index in [1.54, 1.807) is 36.3 Å². The summed E-state index contributed by atoms with van der Waals surface area (Å²) >= 11 is 0. The SMILES string of the molecule is COc1ccc(N2C(=O)[C@H](O[C@@H]3C=C[C@H](OC(C)=O)[C@@H](COC(C)=O)O3)[C@@H]2c2ccccc2)cc1. The van der Waals surface area contributed by atoms with Crippen LogP contribution in [0, 0.1) is 0 Å². The number of rotatable bonds is 8. The Kier molecular flexibility index (Phi) is 7.48. The van der Waals surface area contributed by atoms with Crippen LogP contribution in [0.2, 0.25) is 0 Å². The highest BCUT2D eigenvalue weighted by atomic mass is 16.7. The largest absolute Gasteiger partial charge is 0.497 e. The topological polar surface area (TPSA) is 101 Å². The van der Waals surface area contributed by atoms with E-state index in [2.05, 4.69) is 0 Å². The van der Waals surface area contributed by atoms with Crippen molar-refractivity contribution < 1.29 is 38.1 Å². The predicted molar refractivity (Wildman–Crippen MR) is 125 cm³/mol. The quantitative estimate of drug-likeness (QED) is 0.322. The van der Waals surface area contributed by atoms with Crippen molar-refractivity contribution in [2.45, 2.75) is 44.5 Å². The van der Waals surface area contributed by atoms with Gasteiger partial charge in [0, 0.05) is 19.5 Å². The number of hydrogen-bond donors (Lipinski definition) is 0. The van der Waals surface area contributed by atoms with Crippen LogP contribution in [-0.4, -0.2) is 56.2 Å². The van der Waals surface area contributed by atoms with E-state index in [1.807, 2.05) is 42.5 Å². The highest BCUT2D eigenvalue weighted by Gasteiger charge is 2.51. The molecule has 9 heteroatoms. The average molecular weight is 482 g/mol. The van der Waals surface area contributed by atoms with Gasteiger partial charge in [0.15, 0.2) is 12.4 Å². The van der Waals surface area contributed by atoms with Crippen molar-refractivity contribution >= 4 is 23.5 Å². The van der Waals surface area contributed by atoms with Gasteiger partial charge in [-0.2, -0.15) is 0 Å². The van der Waals surface area contributed by atoms with Gasteiger partial charge in [0.2, 0.25) is 0 Å². The van der Waals surface area contributed by atoms with Crippen LogP contribution in [0.1, 0.15) is 25.5 Å². The minimum Gasteiger partial charge on any atom is -0.497 e. The third kappa shape index (κ3) is 5.52. The van der Waals surface area contributed by atoms with Crippen LogP contribution in [0.25, 0.3) is 0 Å². The molecule has 184 valence electrons. The first-order chi connectivity index (χ1) is 16.9. The number of amides is 1. The van der Waals surface area contributed by atoms with E-state index < -0.39 is 36.5 Å². The maximum Gasteiger partial charge on any atom is 0.303 e. The summed E-state index contributed by atoms with van der Waals surface area (Å²) in [5.74, 6) is -0.521. The van der Waals surface area contributed by atoms with E-state index in [1.165, 1.54) is 13.8 Å². The van der Waals surface area contributed by atoms with E-state index in [0.29, 0.717) is 11.4 Å². The Morgan fingerprint density at radius 3 is 2.31 bits per heavy atom. The van der Waals surface area contributed by atoms with Crippen molar-refractivity contribution in [3.8, 4) is 5.75 Å². The summed E-state index contributed by atoms with van der Waals surface area (Å²) in [6.07, 6.45) is -0.0331.